The SMILES string of the molecule is CNc1nc(NC2C3CCC2CN(c2cnnc(Cl)c2)C3)nc2c1C(C)(C)CN2c1ccc(F)cc1. The molecule has 6 rings (SSSR count). The van der Waals surface area contributed by atoms with Crippen molar-refractivity contribution in [1.29, 1.82) is 0 Å². The fourth-order valence-electron chi connectivity index (χ4n) is 6.22. The van der Waals surface area contributed by atoms with Gasteiger partial charge in [0.05, 0.1) is 11.9 Å². The van der Waals surface area contributed by atoms with E-state index < -0.39 is 0 Å². The fourth-order valence-corrected chi connectivity index (χ4v) is 6.37. The van der Waals surface area contributed by atoms with Crippen LogP contribution in [0.4, 0.5) is 33.3 Å². The van der Waals surface area contributed by atoms with E-state index in [9.17, 15) is 4.39 Å². The third-order valence-electron chi connectivity index (χ3n) is 7.86. The first-order valence-electron chi connectivity index (χ1n) is 12.5. The van der Waals surface area contributed by atoms with Gasteiger partial charge in [-0.1, -0.05) is 25.4 Å². The lowest BCUT2D eigenvalue weighted by molar-refractivity contribution is 0.376. The molecule has 3 aromatic rings. The van der Waals surface area contributed by atoms with Gasteiger partial charge in [0.2, 0.25) is 5.95 Å². The number of rotatable bonds is 5. The molecular formula is C26H30ClFN8. The van der Waals surface area contributed by atoms with Gasteiger partial charge in [0, 0.05) is 55.5 Å². The van der Waals surface area contributed by atoms with Crippen LogP contribution in [0.5, 0.6) is 0 Å². The molecule has 1 saturated heterocycles. The van der Waals surface area contributed by atoms with Gasteiger partial charge < -0.3 is 20.4 Å². The summed E-state index contributed by atoms with van der Waals surface area (Å²) in [5.74, 6) is 3.03. The second-order valence-corrected chi connectivity index (χ2v) is 11.1. The minimum atomic E-state index is -0.245. The molecule has 2 fully saturated rings. The van der Waals surface area contributed by atoms with E-state index in [4.69, 9.17) is 21.6 Å². The van der Waals surface area contributed by atoms with Crippen LogP contribution in [0.25, 0.3) is 0 Å². The van der Waals surface area contributed by atoms with Crippen LogP contribution in [-0.2, 0) is 5.41 Å². The van der Waals surface area contributed by atoms with Gasteiger partial charge in [-0.2, -0.15) is 15.1 Å². The van der Waals surface area contributed by atoms with E-state index in [1.807, 2.05) is 25.2 Å². The lowest BCUT2D eigenvalue weighted by Crippen LogP contribution is -2.48. The molecule has 2 atom stereocenters. The molecule has 36 heavy (non-hydrogen) atoms. The average Bonchev–Trinajstić information content (AvgIpc) is 3.25. The number of fused-ring (bicyclic) bond motifs is 3. The van der Waals surface area contributed by atoms with E-state index in [0.29, 0.717) is 29.0 Å². The highest BCUT2D eigenvalue weighted by molar-refractivity contribution is 6.29. The molecule has 10 heteroatoms. The molecule has 0 radical (unpaired) electrons. The van der Waals surface area contributed by atoms with Gasteiger partial charge in [-0.25, -0.2) is 4.39 Å². The van der Waals surface area contributed by atoms with E-state index in [1.165, 1.54) is 12.1 Å². The summed E-state index contributed by atoms with van der Waals surface area (Å²) in [6, 6.07) is 8.79. The topological polar surface area (TPSA) is 82.1 Å². The molecule has 0 spiro atoms. The molecule has 2 N–H and O–H groups in total. The van der Waals surface area contributed by atoms with Gasteiger partial charge in [-0.15, -0.1) is 5.10 Å². The number of anilines is 5. The molecule has 1 aromatic carbocycles. The monoisotopic (exact) mass is 508 g/mol. The lowest BCUT2D eigenvalue weighted by Gasteiger charge is -2.39. The molecule has 2 bridgehead atoms. The Morgan fingerprint density at radius 1 is 1.06 bits per heavy atom. The second-order valence-electron chi connectivity index (χ2n) is 10.7. The van der Waals surface area contributed by atoms with Gasteiger partial charge in [-0.3, -0.25) is 0 Å². The van der Waals surface area contributed by atoms with Gasteiger partial charge in [0.1, 0.15) is 17.5 Å². The summed E-state index contributed by atoms with van der Waals surface area (Å²) >= 11 is 6.09. The van der Waals surface area contributed by atoms with Crippen LogP contribution in [0.3, 0.4) is 0 Å². The predicted molar refractivity (Wildman–Crippen MR) is 141 cm³/mol. The standard InChI is InChI=1S/C26H30ClFN8/c1-26(2)14-36(18-8-6-17(28)7-9-18)24-21(26)23(29-3)32-25(33-24)31-22-15-4-5-16(22)13-35(12-15)19-10-20(27)34-30-11-19/h6-11,15-16,22H,4-5,12-14H2,1-3H3,(H2,29,31,32,33). The first-order chi connectivity index (χ1) is 17.3. The minimum Gasteiger partial charge on any atom is -0.373 e. The molecule has 2 aromatic heterocycles. The van der Waals surface area contributed by atoms with Gasteiger partial charge in [-0.05, 0) is 48.9 Å². The largest absolute Gasteiger partial charge is 0.373 e. The summed E-state index contributed by atoms with van der Waals surface area (Å²) in [7, 11) is 1.90. The number of hydrogen-bond acceptors (Lipinski definition) is 8. The number of piperidine rings is 1. The maximum Gasteiger partial charge on any atom is 0.226 e. The highest BCUT2D eigenvalue weighted by atomic mass is 35.5. The zero-order valence-corrected chi connectivity index (χ0v) is 21.4. The van der Waals surface area contributed by atoms with E-state index >= 15 is 0 Å². The molecular weight excluding hydrogens is 479 g/mol. The second kappa shape index (κ2) is 8.73. The number of aromatic nitrogens is 4. The van der Waals surface area contributed by atoms with Crippen LogP contribution in [0.15, 0.2) is 36.5 Å². The Labute approximate surface area is 215 Å². The molecule has 188 valence electrons. The van der Waals surface area contributed by atoms with Crippen molar-refractivity contribution < 1.29 is 4.39 Å². The third-order valence-corrected chi connectivity index (χ3v) is 8.04. The maximum atomic E-state index is 13.6. The third kappa shape index (κ3) is 3.99. The Balaban J connectivity index is 1.29. The summed E-state index contributed by atoms with van der Waals surface area (Å²) in [6.45, 7) is 6.99. The molecule has 1 aliphatic carbocycles. The molecule has 1 saturated carbocycles. The number of halogens is 2. The van der Waals surface area contributed by atoms with E-state index in [1.54, 1.807) is 6.20 Å². The van der Waals surface area contributed by atoms with E-state index in [0.717, 1.165) is 61.0 Å². The van der Waals surface area contributed by atoms with Crippen LogP contribution >= 0.6 is 11.6 Å². The van der Waals surface area contributed by atoms with E-state index in [-0.39, 0.29) is 11.2 Å². The lowest BCUT2D eigenvalue weighted by atomic mass is 9.88. The average molecular weight is 509 g/mol. The number of benzene rings is 1. The summed E-state index contributed by atoms with van der Waals surface area (Å²) < 4.78 is 13.6. The maximum absolute atomic E-state index is 13.6. The van der Waals surface area contributed by atoms with Gasteiger partial charge in [0.25, 0.3) is 0 Å². The fraction of sp³-hybridized carbons (Fsp3) is 0.462. The van der Waals surface area contributed by atoms with Crippen LogP contribution < -0.4 is 20.4 Å². The van der Waals surface area contributed by atoms with Crippen molar-refractivity contribution in [2.24, 2.45) is 11.8 Å². The van der Waals surface area contributed by atoms with Crippen molar-refractivity contribution in [2.45, 2.75) is 38.1 Å². The summed E-state index contributed by atoms with van der Waals surface area (Å²) in [5.41, 5.74) is 2.87. The van der Waals surface area contributed by atoms with Crippen molar-refractivity contribution in [3.05, 3.63) is 53.1 Å². The Morgan fingerprint density at radius 3 is 2.44 bits per heavy atom. The predicted octanol–water partition coefficient (Wildman–Crippen LogP) is 4.86. The van der Waals surface area contributed by atoms with Crippen LogP contribution in [0.2, 0.25) is 5.15 Å². The molecule has 4 heterocycles. The Bertz CT molecular complexity index is 1270. The van der Waals surface area contributed by atoms with E-state index in [2.05, 4.69) is 44.5 Å². The molecule has 2 unspecified atom stereocenters. The van der Waals surface area contributed by atoms with Gasteiger partial charge >= 0.3 is 0 Å². The van der Waals surface area contributed by atoms with Crippen molar-refractivity contribution >= 4 is 40.6 Å². The molecule has 2 aliphatic heterocycles. The highest BCUT2D eigenvalue weighted by Crippen LogP contribution is 2.47. The normalized spacial score (nSPS) is 24.1. The van der Waals surface area contributed by atoms with Crippen LogP contribution in [0, 0.1) is 17.7 Å². The van der Waals surface area contributed by atoms with Crippen LogP contribution in [-0.4, -0.2) is 52.9 Å². The van der Waals surface area contributed by atoms with Crippen molar-refractivity contribution in [3.63, 3.8) is 0 Å². The summed E-state index contributed by atoms with van der Waals surface area (Å²) in [5, 5.41) is 15.3. The zero-order chi connectivity index (χ0) is 25.0. The van der Waals surface area contributed by atoms with Crippen molar-refractivity contribution in [1.82, 2.24) is 20.2 Å². The Kier molecular flexibility index (Phi) is 5.63. The quantitative estimate of drug-likeness (QED) is 0.506. The Hall–Kier alpha value is -3.20. The first-order valence-corrected chi connectivity index (χ1v) is 12.8. The number of hydrogen-bond donors (Lipinski definition) is 2. The molecule has 0 amide bonds. The summed E-state index contributed by atoms with van der Waals surface area (Å²) in [4.78, 5) is 14.5. The van der Waals surface area contributed by atoms with Crippen molar-refractivity contribution in [3.8, 4) is 0 Å². The number of nitrogens with zero attached hydrogens (tertiary/aromatic N) is 6. The number of nitrogens with one attached hydrogen (secondary N) is 2. The van der Waals surface area contributed by atoms with Crippen LogP contribution in [0.1, 0.15) is 32.3 Å². The molecule has 8 nitrogen and oxygen atoms in total. The Morgan fingerprint density at radius 2 is 1.78 bits per heavy atom. The smallest absolute Gasteiger partial charge is 0.226 e. The summed E-state index contributed by atoms with van der Waals surface area (Å²) in [6.07, 6.45) is 4.10. The van der Waals surface area contributed by atoms with Gasteiger partial charge in [0.15, 0.2) is 5.15 Å². The highest BCUT2D eigenvalue weighted by Gasteiger charge is 2.44. The van der Waals surface area contributed by atoms with Crippen molar-refractivity contribution in [2.75, 3.05) is 47.1 Å². The first kappa shape index (κ1) is 23.2. The molecule has 3 aliphatic rings. The zero-order valence-electron chi connectivity index (χ0n) is 20.7. The minimum absolute atomic E-state index is 0.162.